The summed E-state index contributed by atoms with van der Waals surface area (Å²) in [5, 5.41) is 12.2. The molecule has 3 aromatic heterocycles. The Morgan fingerprint density at radius 2 is 1.73 bits per heavy atom. The Morgan fingerprint density at radius 1 is 0.984 bits per heavy atom. The van der Waals surface area contributed by atoms with Crippen molar-refractivity contribution in [2.45, 2.75) is 44.1 Å². The average molecular weight is 887 g/mol. The van der Waals surface area contributed by atoms with Gasteiger partial charge in [-0.2, -0.15) is 19.0 Å². The van der Waals surface area contributed by atoms with Gasteiger partial charge in [-0.1, -0.05) is 18.2 Å². The highest BCUT2D eigenvalue weighted by molar-refractivity contribution is 7.93. The molecule has 21 heteroatoms. The molecule has 2 aliphatic rings. The maximum atomic E-state index is 13.7. The van der Waals surface area contributed by atoms with Gasteiger partial charge in [0.1, 0.15) is 34.9 Å². The zero-order valence-electron chi connectivity index (χ0n) is 34.1. The molecule has 17 nitrogen and oxygen atoms in total. The first kappa shape index (κ1) is 42.5. The van der Waals surface area contributed by atoms with Crippen molar-refractivity contribution in [2.24, 2.45) is 7.05 Å². The van der Waals surface area contributed by atoms with Crippen LogP contribution in [-0.2, 0) is 21.9 Å². The predicted octanol–water partition coefficient (Wildman–Crippen LogP) is 6.26. The van der Waals surface area contributed by atoms with Crippen molar-refractivity contribution in [2.75, 3.05) is 42.1 Å². The van der Waals surface area contributed by atoms with Crippen molar-refractivity contribution in [1.29, 1.82) is 0 Å². The van der Waals surface area contributed by atoms with Gasteiger partial charge in [0.2, 0.25) is 5.91 Å². The van der Waals surface area contributed by atoms with E-state index in [4.69, 9.17) is 20.3 Å². The van der Waals surface area contributed by atoms with Crippen molar-refractivity contribution in [3.8, 4) is 33.9 Å². The van der Waals surface area contributed by atoms with Crippen LogP contribution in [0.15, 0.2) is 79.3 Å². The van der Waals surface area contributed by atoms with Crippen molar-refractivity contribution >= 4 is 56.0 Å². The number of benzene rings is 3. The summed E-state index contributed by atoms with van der Waals surface area (Å²) in [6.07, 6.45) is 5.77. The Balaban J connectivity index is 1.03. The average Bonchev–Trinajstić information content (AvgIpc) is 3.90. The molecule has 4 amide bonds. The normalized spacial score (nSPS) is 15.5. The Labute approximate surface area is 358 Å². The monoisotopic (exact) mass is 886 g/mol. The molecule has 2 aliphatic heterocycles. The minimum Gasteiger partial charge on any atom is -0.495 e. The van der Waals surface area contributed by atoms with E-state index in [0.29, 0.717) is 81.8 Å². The molecular formula is C42H41F3N10O7S. The molecule has 328 valence electrons. The van der Waals surface area contributed by atoms with E-state index in [0.717, 1.165) is 0 Å². The van der Waals surface area contributed by atoms with E-state index in [9.17, 15) is 36.0 Å². The first-order valence-corrected chi connectivity index (χ1v) is 21.3. The number of hydrogen-bond acceptors (Lipinski definition) is 11. The number of aromatic nitrogens is 5. The number of fused-ring (bicyclic) bond motifs is 1. The van der Waals surface area contributed by atoms with Crippen LogP contribution in [0.3, 0.4) is 0 Å². The number of amides is 4. The van der Waals surface area contributed by atoms with E-state index in [1.54, 1.807) is 54.1 Å². The van der Waals surface area contributed by atoms with Crippen LogP contribution < -0.4 is 30.1 Å². The van der Waals surface area contributed by atoms with Gasteiger partial charge in [0, 0.05) is 67.8 Å². The van der Waals surface area contributed by atoms with Gasteiger partial charge in [0.25, 0.3) is 15.9 Å². The molecular weight excluding hydrogens is 846 g/mol. The van der Waals surface area contributed by atoms with Crippen molar-refractivity contribution < 1.29 is 45.4 Å². The molecule has 4 N–H and O–H groups in total. The van der Waals surface area contributed by atoms with Crippen LogP contribution >= 0.6 is 0 Å². The molecule has 0 radical (unpaired) electrons. The van der Waals surface area contributed by atoms with Gasteiger partial charge >= 0.3 is 11.8 Å². The van der Waals surface area contributed by atoms with Crippen molar-refractivity contribution in [3.05, 3.63) is 96.2 Å². The molecule has 2 fully saturated rings. The standard InChI is InChI=1S/C42H41F3N10O7S/c1-23(24-4-8-28(43)9-5-24)62-34-19-25(6-10-31(34)51-63(59,60)41(44)45)37-36-38(52(2)50-37)30(21-47-39(36)46)27-20-48-55(22-27)29-12-15-53(16-13-29)40(57)26-7-11-33(61-3)32(18-26)54-17-14-35(56)49-42(54)58/h4-11,18-23,29,41,51H,12-17H2,1-3H3,(H2,46,47)(H,49,56,58)/t23-/m0/s1. The van der Waals surface area contributed by atoms with E-state index in [2.05, 4.69) is 15.4 Å². The number of carbonyl (C=O) groups excluding carboxylic acids is 3. The SMILES string of the molecule is COc1ccc(C(=O)N2CCC(n3cc(-c4cnc(N)c5c(-c6ccc(NS(=O)(=O)C(F)F)c(O[C@@H](C)c7ccc(F)cc7)c6)nn(C)c45)cn3)CC2)cc1N1CCC(=O)NC1=O. The smallest absolute Gasteiger partial charge is 0.355 e. The lowest BCUT2D eigenvalue weighted by molar-refractivity contribution is -0.120. The fourth-order valence-corrected chi connectivity index (χ4v) is 8.38. The number of nitrogen functional groups attached to an aromatic ring is 1. The zero-order chi connectivity index (χ0) is 44.7. The number of aryl methyl sites for hydroxylation is 1. The number of sulfonamides is 1. The molecule has 6 aromatic rings. The maximum absolute atomic E-state index is 13.7. The van der Waals surface area contributed by atoms with Gasteiger partial charge in [-0.05, 0) is 67.8 Å². The van der Waals surface area contributed by atoms with Crippen LogP contribution in [0.2, 0.25) is 0 Å². The number of pyridine rings is 1. The summed E-state index contributed by atoms with van der Waals surface area (Å²) < 4.78 is 82.0. The molecule has 5 heterocycles. The van der Waals surface area contributed by atoms with Crippen molar-refractivity contribution in [3.63, 3.8) is 0 Å². The molecule has 0 saturated carbocycles. The topological polar surface area (TPSA) is 209 Å². The first-order valence-electron chi connectivity index (χ1n) is 19.7. The van der Waals surface area contributed by atoms with E-state index < -0.39 is 33.7 Å². The van der Waals surface area contributed by atoms with Crippen LogP contribution in [0.25, 0.3) is 33.3 Å². The van der Waals surface area contributed by atoms with E-state index in [-0.39, 0.29) is 48.1 Å². The highest BCUT2D eigenvalue weighted by atomic mass is 32.2. The number of piperidine rings is 1. The quantitative estimate of drug-likeness (QED) is 0.125. The van der Waals surface area contributed by atoms with Gasteiger partial charge in [0.05, 0.1) is 41.6 Å². The van der Waals surface area contributed by atoms with Crippen LogP contribution in [-0.4, -0.2) is 88.2 Å². The summed E-state index contributed by atoms with van der Waals surface area (Å²) in [7, 11) is -1.89. The number of likely N-dealkylation sites (tertiary alicyclic amines) is 1. The van der Waals surface area contributed by atoms with Gasteiger partial charge in [-0.15, -0.1) is 0 Å². The largest absolute Gasteiger partial charge is 0.495 e. The first-order chi connectivity index (χ1) is 30.1. The second-order valence-electron chi connectivity index (χ2n) is 15.1. The summed E-state index contributed by atoms with van der Waals surface area (Å²) in [4.78, 5) is 45.6. The number of methoxy groups -OCH3 is 1. The molecule has 3 aromatic carbocycles. The molecule has 0 bridgehead atoms. The minimum absolute atomic E-state index is 0.0418. The molecule has 0 aliphatic carbocycles. The number of nitrogens with two attached hydrogens (primary N) is 1. The number of rotatable bonds is 12. The Kier molecular flexibility index (Phi) is 11.4. The highest BCUT2D eigenvalue weighted by Crippen LogP contribution is 2.41. The summed E-state index contributed by atoms with van der Waals surface area (Å²) in [6, 6.07) is 13.9. The Bertz CT molecular complexity index is 2860. The summed E-state index contributed by atoms with van der Waals surface area (Å²) in [5.41, 5.74) is 10.3. The fraction of sp³-hybridized carbons (Fsp3) is 0.286. The van der Waals surface area contributed by atoms with Gasteiger partial charge in [-0.25, -0.2) is 22.6 Å². The zero-order valence-corrected chi connectivity index (χ0v) is 34.9. The molecule has 2 saturated heterocycles. The van der Waals surface area contributed by atoms with Gasteiger partial charge in [0.15, 0.2) is 0 Å². The number of imide groups is 1. The predicted molar refractivity (Wildman–Crippen MR) is 226 cm³/mol. The fourth-order valence-electron chi connectivity index (χ4n) is 7.81. The number of halogens is 3. The molecule has 1 atom stereocenters. The second-order valence-corrected chi connectivity index (χ2v) is 16.7. The van der Waals surface area contributed by atoms with E-state index in [1.165, 1.54) is 54.5 Å². The lowest BCUT2D eigenvalue weighted by Gasteiger charge is -2.33. The number of nitrogens with zero attached hydrogens (tertiary/aromatic N) is 7. The lowest BCUT2D eigenvalue weighted by atomic mass is 10.0. The summed E-state index contributed by atoms with van der Waals surface area (Å²) in [6.45, 7) is 2.67. The van der Waals surface area contributed by atoms with Crippen molar-refractivity contribution in [1.82, 2.24) is 34.8 Å². The number of anilines is 3. The summed E-state index contributed by atoms with van der Waals surface area (Å²) in [5.74, 6) is -4.32. The van der Waals surface area contributed by atoms with Crippen LogP contribution in [0.1, 0.15) is 54.3 Å². The van der Waals surface area contributed by atoms with E-state index in [1.807, 2.05) is 15.6 Å². The molecule has 0 spiro atoms. The van der Waals surface area contributed by atoms with Crippen LogP contribution in [0, 0.1) is 5.82 Å². The van der Waals surface area contributed by atoms with Gasteiger partial charge in [-0.3, -0.25) is 33.9 Å². The maximum Gasteiger partial charge on any atom is 0.355 e. The molecule has 0 unspecified atom stereocenters. The third kappa shape index (κ3) is 8.42. The molecule has 8 rings (SSSR count). The number of urea groups is 1. The Morgan fingerprint density at radius 3 is 2.43 bits per heavy atom. The molecule has 63 heavy (non-hydrogen) atoms. The number of nitrogens with one attached hydrogen (secondary N) is 2. The Hall–Kier alpha value is -7.16. The third-order valence-corrected chi connectivity index (χ3v) is 12.1. The van der Waals surface area contributed by atoms with Crippen LogP contribution in [0.5, 0.6) is 11.5 Å². The number of alkyl halides is 2. The second kappa shape index (κ2) is 17.0. The minimum atomic E-state index is -5.08. The third-order valence-electron chi connectivity index (χ3n) is 11.1. The van der Waals surface area contributed by atoms with E-state index >= 15 is 0 Å². The number of ether oxygens (including phenoxy) is 2. The summed E-state index contributed by atoms with van der Waals surface area (Å²) >= 11 is 0. The van der Waals surface area contributed by atoms with Crippen LogP contribution in [0.4, 0.5) is 35.2 Å². The number of carbonyl (C=O) groups is 3. The number of hydrogen-bond donors (Lipinski definition) is 3. The highest BCUT2D eigenvalue weighted by Gasteiger charge is 2.31. The van der Waals surface area contributed by atoms with Gasteiger partial charge < -0.3 is 20.1 Å². The lowest BCUT2D eigenvalue weighted by Crippen LogP contribution is -2.49.